The van der Waals surface area contributed by atoms with E-state index in [0.717, 1.165) is 5.56 Å². The third-order valence-corrected chi connectivity index (χ3v) is 3.41. The lowest BCUT2D eigenvalue weighted by molar-refractivity contribution is -0.114. The summed E-state index contributed by atoms with van der Waals surface area (Å²) in [5.74, 6) is -0.336. The average molecular weight is 347 g/mol. The molecular formula is C17H12Cl2N2O2. The lowest BCUT2D eigenvalue weighted by atomic mass is 10.1. The number of hydrogen-bond donors (Lipinski definition) is 1. The van der Waals surface area contributed by atoms with Crippen molar-refractivity contribution in [3.63, 3.8) is 0 Å². The van der Waals surface area contributed by atoms with E-state index in [2.05, 4.69) is 0 Å². The van der Waals surface area contributed by atoms with Crippen LogP contribution in [0, 0.1) is 11.3 Å². The largest absolute Gasteiger partial charge is 0.488 e. The Balaban J connectivity index is 2.29. The lowest BCUT2D eigenvalue weighted by Crippen LogP contribution is -2.12. The van der Waals surface area contributed by atoms with Crippen LogP contribution in [0.5, 0.6) is 5.75 Å². The Morgan fingerprint density at radius 2 is 1.96 bits per heavy atom. The van der Waals surface area contributed by atoms with Crippen molar-refractivity contribution in [1.82, 2.24) is 0 Å². The first-order valence-electron chi connectivity index (χ1n) is 6.58. The topological polar surface area (TPSA) is 76.1 Å². The number of carbonyl (C=O) groups excluding carboxylic acids is 1. The molecule has 4 nitrogen and oxygen atoms in total. The lowest BCUT2D eigenvalue weighted by Gasteiger charge is -2.10. The molecule has 2 N–H and O–H groups in total. The predicted molar refractivity (Wildman–Crippen MR) is 90.0 cm³/mol. The van der Waals surface area contributed by atoms with Crippen molar-refractivity contribution < 1.29 is 9.53 Å². The summed E-state index contributed by atoms with van der Waals surface area (Å²) in [6.45, 7) is 0.279. The van der Waals surface area contributed by atoms with Crippen molar-refractivity contribution in [2.24, 2.45) is 5.73 Å². The van der Waals surface area contributed by atoms with Gasteiger partial charge in [0.05, 0.1) is 0 Å². The molecule has 1 amide bonds. The van der Waals surface area contributed by atoms with E-state index in [0.29, 0.717) is 21.4 Å². The highest BCUT2D eigenvalue weighted by Gasteiger charge is 2.08. The second kappa shape index (κ2) is 7.68. The van der Waals surface area contributed by atoms with Crippen LogP contribution in [0.1, 0.15) is 11.1 Å². The van der Waals surface area contributed by atoms with Gasteiger partial charge >= 0.3 is 0 Å². The Morgan fingerprint density at radius 3 is 2.61 bits per heavy atom. The number of nitrogens with zero attached hydrogens (tertiary/aromatic N) is 1. The first kappa shape index (κ1) is 16.9. The molecule has 0 bridgehead atoms. The maximum absolute atomic E-state index is 11.2. The SMILES string of the molecule is N#C/C(=C\c1cc(Cl)ccc1OCc1cccc(Cl)c1)C(N)=O. The highest BCUT2D eigenvalue weighted by atomic mass is 35.5. The van der Waals surface area contributed by atoms with Gasteiger partial charge in [0, 0.05) is 15.6 Å². The van der Waals surface area contributed by atoms with Gasteiger partial charge in [0.1, 0.15) is 24.0 Å². The number of ether oxygens (including phenoxy) is 1. The first-order chi connectivity index (χ1) is 11.0. The monoisotopic (exact) mass is 346 g/mol. The van der Waals surface area contributed by atoms with Gasteiger partial charge in [-0.2, -0.15) is 5.26 Å². The standard InChI is InChI=1S/C17H12Cl2N2O2/c18-14-3-1-2-11(6-14)10-23-16-5-4-15(19)8-12(16)7-13(9-20)17(21)22/h1-8H,10H2,(H2,21,22)/b13-7+. The zero-order valence-corrected chi connectivity index (χ0v) is 13.4. The zero-order chi connectivity index (χ0) is 16.8. The van der Waals surface area contributed by atoms with Gasteiger partial charge in [-0.05, 0) is 42.0 Å². The van der Waals surface area contributed by atoms with Crippen LogP contribution in [0.2, 0.25) is 10.0 Å². The number of benzene rings is 2. The second-order valence-corrected chi connectivity index (χ2v) is 5.51. The van der Waals surface area contributed by atoms with Crippen LogP contribution >= 0.6 is 23.2 Å². The molecule has 0 aliphatic rings. The molecule has 0 saturated carbocycles. The molecule has 0 radical (unpaired) electrons. The molecular weight excluding hydrogens is 335 g/mol. The molecule has 0 aliphatic carbocycles. The summed E-state index contributed by atoms with van der Waals surface area (Å²) in [5.41, 5.74) is 6.35. The fourth-order valence-electron chi connectivity index (χ4n) is 1.87. The summed E-state index contributed by atoms with van der Waals surface area (Å²) in [6.07, 6.45) is 1.35. The highest BCUT2D eigenvalue weighted by molar-refractivity contribution is 6.31. The minimum absolute atomic E-state index is 0.181. The Kier molecular flexibility index (Phi) is 5.64. The van der Waals surface area contributed by atoms with E-state index in [4.69, 9.17) is 38.9 Å². The van der Waals surface area contributed by atoms with Gasteiger partial charge in [-0.3, -0.25) is 4.79 Å². The average Bonchev–Trinajstić information content (AvgIpc) is 2.51. The number of halogens is 2. The van der Waals surface area contributed by atoms with E-state index >= 15 is 0 Å². The number of nitrogens with two attached hydrogens (primary N) is 1. The molecule has 2 aromatic rings. The van der Waals surface area contributed by atoms with E-state index in [1.807, 2.05) is 12.1 Å². The maximum Gasteiger partial charge on any atom is 0.259 e. The van der Waals surface area contributed by atoms with Crippen LogP contribution in [0.25, 0.3) is 6.08 Å². The molecule has 0 atom stereocenters. The second-order valence-electron chi connectivity index (χ2n) is 4.63. The molecule has 23 heavy (non-hydrogen) atoms. The van der Waals surface area contributed by atoms with Crippen molar-refractivity contribution >= 4 is 35.2 Å². The van der Waals surface area contributed by atoms with Crippen LogP contribution in [0.3, 0.4) is 0 Å². The number of primary amides is 1. The first-order valence-corrected chi connectivity index (χ1v) is 7.33. The highest BCUT2D eigenvalue weighted by Crippen LogP contribution is 2.26. The molecule has 2 aromatic carbocycles. The zero-order valence-electron chi connectivity index (χ0n) is 11.9. The molecule has 0 spiro atoms. The molecule has 0 saturated heterocycles. The van der Waals surface area contributed by atoms with Gasteiger partial charge < -0.3 is 10.5 Å². The van der Waals surface area contributed by atoms with E-state index in [1.54, 1.807) is 36.4 Å². The van der Waals surface area contributed by atoms with Crippen molar-refractivity contribution in [3.05, 3.63) is 69.2 Å². The van der Waals surface area contributed by atoms with Crippen molar-refractivity contribution in [2.45, 2.75) is 6.61 Å². The van der Waals surface area contributed by atoms with Gasteiger partial charge in [-0.25, -0.2) is 0 Å². The minimum atomic E-state index is -0.812. The van der Waals surface area contributed by atoms with Crippen molar-refractivity contribution in [3.8, 4) is 11.8 Å². The third-order valence-electron chi connectivity index (χ3n) is 2.94. The Labute approximate surface area is 143 Å². The molecule has 0 fully saturated rings. The van der Waals surface area contributed by atoms with E-state index in [-0.39, 0.29) is 12.2 Å². The van der Waals surface area contributed by atoms with Crippen molar-refractivity contribution in [1.29, 1.82) is 5.26 Å². The van der Waals surface area contributed by atoms with Gasteiger partial charge in [0.15, 0.2) is 0 Å². The summed E-state index contributed by atoms with van der Waals surface area (Å²) in [4.78, 5) is 11.2. The van der Waals surface area contributed by atoms with E-state index in [9.17, 15) is 4.79 Å². The summed E-state index contributed by atoms with van der Waals surface area (Å²) < 4.78 is 5.73. The number of rotatable bonds is 5. The van der Waals surface area contributed by atoms with Crippen molar-refractivity contribution in [2.75, 3.05) is 0 Å². The molecule has 0 heterocycles. The van der Waals surface area contributed by atoms with Gasteiger partial charge in [0.2, 0.25) is 0 Å². The maximum atomic E-state index is 11.2. The molecule has 0 aromatic heterocycles. The Morgan fingerprint density at radius 1 is 1.22 bits per heavy atom. The number of amides is 1. The quantitative estimate of drug-likeness (QED) is 0.657. The molecule has 6 heteroatoms. The number of hydrogen-bond acceptors (Lipinski definition) is 3. The number of carbonyl (C=O) groups is 1. The summed E-state index contributed by atoms with van der Waals surface area (Å²) in [5, 5.41) is 10.0. The van der Waals surface area contributed by atoms with Crippen LogP contribution < -0.4 is 10.5 Å². The molecule has 0 unspecified atom stereocenters. The van der Waals surface area contributed by atoms with E-state index < -0.39 is 5.91 Å². The minimum Gasteiger partial charge on any atom is -0.488 e. The third kappa shape index (κ3) is 4.75. The van der Waals surface area contributed by atoms with Crippen LogP contribution in [-0.2, 0) is 11.4 Å². The van der Waals surface area contributed by atoms with Crippen LogP contribution in [0.4, 0.5) is 0 Å². The predicted octanol–water partition coefficient (Wildman–Crippen LogP) is 3.96. The van der Waals surface area contributed by atoms with E-state index in [1.165, 1.54) is 6.08 Å². The normalized spacial score (nSPS) is 10.9. The number of nitriles is 1. The molecule has 2 rings (SSSR count). The van der Waals surface area contributed by atoms with Crippen LogP contribution in [0.15, 0.2) is 48.0 Å². The Hall–Kier alpha value is -2.48. The van der Waals surface area contributed by atoms with Gasteiger partial charge in [0.25, 0.3) is 5.91 Å². The fraction of sp³-hybridized carbons (Fsp3) is 0.0588. The smallest absolute Gasteiger partial charge is 0.259 e. The summed E-state index contributed by atoms with van der Waals surface area (Å²) in [7, 11) is 0. The fourth-order valence-corrected chi connectivity index (χ4v) is 2.26. The Bertz CT molecular complexity index is 810. The summed E-state index contributed by atoms with van der Waals surface area (Å²) >= 11 is 11.9. The molecule has 116 valence electrons. The van der Waals surface area contributed by atoms with Crippen LogP contribution in [-0.4, -0.2) is 5.91 Å². The van der Waals surface area contributed by atoms with Gasteiger partial charge in [-0.15, -0.1) is 0 Å². The van der Waals surface area contributed by atoms with Gasteiger partial charge in [-0.1, -0.05) is 35.3 Å². The summed E-state index contributed by atoms with van der Waals surface area (Å²) in [6, 6.07) is 13.9. The molecule has 0 aliphatic heterocycles.